The third-order valence-electron chi connectivity index (χ3n) is 3.87. The molecule has 0 atom stereocenters. The van der Waals surface area contributed by atoms with Crippen molar-refractivity contribution in [2.24, 2.45) is 5.10 Å². The standard InChI is InChI=1S/C21H15Cl2F3N2O/c22-18-10-15(11-19(23)20(18)29-13-14-4-2-1-3-5-14)12-27-28-17-8-6-16(7-9-17)21(24,25)26/h1-12,28H,13H2/b27-12+. The molecule has 3 rings (SSSR count). The lowest BCUT2D eigenvalue weighted by Crippen LogP contribution is -2.04. The van der Waals surface area contributed by atoms with Gasteiger partial charge in [-0.25, -0.2) is 0 Å². The van der Waals surface area contributed by atoms with Crippen LogP contribution in [0, 0.1) is 0 Å². The average Bonchev–Trinajstić information content (AvgIpc) is 2.68. The molecule has 0 aliphatic carbocycles. The molecule has 0 fully saturated rings. The van der Waals surface area contributed by atoms with Crippen molar-refractivity contribution in [2.75, 3.05) is 5.43 Å². The van der Waals surface area contributed by atoms with Crippen LogP contribution in [0.15, 0.2) is 71.8 Å². The van der Waals surface area contributed by atoms with Crippen LogP contribution in [0.2, 0.25) is 10.0 Å². The second kappa shape index (κ2) is 9.20. The molecule has 0 saturated carbocycles. The van der Waals surface area contributed by atoms with Crippen LogP contribution in [0.25, 0.3) is 0 Å². The Labute approximate surface area is 175 Å². The number of alkyl halides is 3. The molecule has 0 radical (unpaired) electrons. The molecular formula is C21H15Cl2F3N2O. The van der Waals surface area contributed by atoms with Gasteiger partial charge in [0.25, 0.3) is 0 Å². The molecule has 3 aromatic rings. The first-order chi connectivity index (χ1) is 13.8. The van der Waals surface area contributed by atoms with Gasteiger partial charge in [0.2, 0.25) is 0 Å². The smallest absolute Gasteiger partial charge is 0.416 e. The van der Waals surface area contributed by atoms with Gasteiger partial charge in [-0.3, -0.25) is 5.43 Å². The predicted molar refractivity (Wildman–Crippen MR) is 110 cm³/mol. The largest absolute Gasteiger partial charge is 0.486 e. The molecule has 0 bridgehead atoms. The summed E-state index contributed by atoms with van der Waals surface area (Å²) in [4.78, 5) is 0. The van der Waals surface area contributed by atoms with E-state index < -0.39 is 11.7 Å². The van der Waals surface area contributed by atoms with E-state index in [0.717, 1.165) is 17.7 Å². The number of rotatable bonds is 6. The van der Waals surface area contributed by atoms with Crippen LogP contribution in [-0.4, -0.2) is 6.21 Å². The Balaban J connectivity index is 1.64. The Morgan fingerprint density at radius 2 is 1.55 bits per heavy atom. The van der Waals surface area contributed by atoms with E-state index in [-0.39, 0.29) is 0 Å². The molecule has 0 amide bonds. The van der Waals surface area contributed by atoms with E-state index in [2.05, 4.69) is 10.5 Å². The Bertz CT molecular complexity index is 968. The number of hydrogen-bond donors (Lipinski definition) is 1. The number of benzene rings is 3. The Hall–Kier alpha value is -2.70. The molecule has 1 N–H and O–H groups in total. The molecule has 29 heavy (non-hydrogen) atoms. The first-order valence-electron chi connectivity index (χ1n) is 8.45. The summed E-state index contributed by atoms with van der Waals surface area (Å²) in [7, 11) is 0. The number of nitrogens with one attached hydrogen (secondary N) is 1. The van der Waals surface area contributed by atoms with E-state index in [1.165, 1.54) is 18.3 Å². The maximum Gasteiger partial charge on any atom is 0.416 e. The first kappa shape index (κ1) is 21.0. The van der Waals surface area contributed by atoms with Crippen LogP contribution >= 0.6 is 23.2 Å². The minimum absolute atomic E-state index is 0.323. The summed E-state index contributed by atoms with van der Waals surface area (Å²) in [6.45, 7) is 0.323. The van der Waals surface area contributed by atoms with Crippen molar-refractivity contribution >= 4 is 35.1 Å². The molecule has 0 aliphatic rings. The van der Waals surface area contributed by atoms with Crippen molar-refractivity contribution in [1.82, 2.24) is 0 Å². The fraction of sp³-hybridized carbons (Fsp3) is 0.0952. The fourth-order valence-corrected chi connectivity index (χ4v) is 3.05. The molecule has 150 valence electrons. The lowest BCUT2D eigenvalue weighted by Gasteiger charge is -2.11. The van der Waals surface area contributed by atoms with Gasteiger partial charge in [0.1, 0.15) is 6.61 Å². The highest BCUT2D eigenvalue weighted by atomic mass is 35.5. The lowest BCUT2D eigenvalue weighted by molar-refractivity contribution is -0.137. The van der Waals surface area contributed by atoms with Crippen LogP contribution < -0.4 is 10.2 Å². The van der Waals surface area contributed by atoms with Gasteiger partial charge in [-0.1, -0.05) is 53.5 Å². The zero-order valence-electron chi connectivity index (χ0n) is 14.9. The van der Waals surface area contributed by atoms with Crippen molar-refractivity contribution in [3.8, 4) is 5.75 Å². The summed E-state index contributed by atoms with van der Waals surface area (Å²) in [5.74, 6) is 0.366. The zero-order chi connectivity index (χ0) is 20.9. The topological polar surface area (TPSA) is 33.6 Å². The average molecular weight is 439 g/mol. The van der Waals surface area contributed by atoms with Crippen molar-refractivity contribution in [3.05, 3.63) is 93.5 Å². The van der Waals surface area contributed by atoms with Crippen molar-refractivity contribution < 1.29 is 17.9 Å². The van der Waals surface area contributed by atoms with Crippen LogP contribution in [0.3, 0.4) is 0 Å². The molecule has 3 nitrogen and oxygen atoms in total. The normalized spacial score (nSPS) is 11.6. The fourth-order valence-electron chi connectivity index (χ4n) is 2.44. The summed E-state index contributed by atoms with van der Waals surface area (Å²) in [5.41, 5.74) is 3.92. The van der Waals surface area contributed by atoms with Crippen molar-refractivity contribution in [3.63, 3.8) is 0 Å². The lowest BCUT2D eigenvalue weighted by atomic mass is 10.2. The molecule has 8 heteroatoms. The summed E-state index contributed by atoms with van der Waals surface area (Å²) in [5, 5.41) is 4.64. The molecule has 0 heterocycles. The van der Waals surface area contributed by atoms with E-state index in [9.17, 15) is 13.2 Å². The van der Waals surface area contributed by atoms with Gasteiger partial charge in [0.15, 0.2) is 5.75 Å². The van der Waals surface area contributed by atoms with Crippen LogP contribution in [0.1, 0.15) is 16.7 Å². The first-order valence-corrected chi connectivity index (χ1v) is 9.20. The van der Waals surface area contributed by atoms with E-state index in [4.69, 9.17) is 27.9 Å². The molecule has 0 aromatic heterocycles. The minimum atomic E-state index is -4.38. The summed E-state index contributed by atoms with van der Waals surface area (Å²) in [6.07, 6.45) is -2.92. The van der Waals surface area contributed by atoms with Gasteiger partial charge >= 0.3 is 6.18 Å². The molecule has 0 spiro atoms. The van der Waals surface area contributed by atoms with Crippen LogP contribution in [0.5, 0.6) is 5.75 Å². The molecule has 0 aliphatic heterocycles. The number of ether oxygens (including phenoxy) is 1. The highest BCUT2D eigenvalue weighted by molar-refractivity contribution is 6.37. The van der Waals surface area contributed by atoms with E-state index in [1.54, 1.807) is 12.1 Å². The number of nitrogens with zero attached hydrogens (tertiary/aromatic N) is 1. The highest BCUT2D eigenvalue weighted by Gasteiger charge is 2.29. The Morgan fingerprint density at radius 1 is 0.931 bits per heavy atom. The molecule has 3 aromatic carbocycles. The monoisotopic (exact) mass is 438 g/mol. The van der Waals surface area contributed by atoms with Gasteiger partial charge in [0.05, 0.1) is 27.5 Å². The van der Waals surface area contributed by atoms with Crippen molar-refractivity contribution in [1.29, 1.82) is 0 Å². The van der Waals surface area contributed by atoms with E-state index in [1.807, 2.05) is 30.3 Å². The minimum Gasteiger partial charge on any atom is -0.486 e. The third-order valence-corrected chi connectivity index (χ3v) is 4.43. The van der Waals surface area contributed by atoms with Gasteiger partial charge < -0.3 is 4.74 Å². The van der Waals surface area contributed by atoms with Crippen LogP contribution in [0.4, 0.5) is 18.9 Å². The predicted octanol–water partition coefficient (Wildman–Crippen LogP) is 7.04. The van der Waals surface area contributed by atoms with E-state index >= 15 is 0 Å². The molecule has 0 saturated heterocycles. The SMILES string of the molecule is FC(F)(F)c1ccc(N/N=C/c2cc(Cl)c(OCc3ccccc3)c(Cl)c2)cc1. The van der Waals surface area contributed by atoms with Crippen molar-refractivity contribution in [2.45, 2.75) is 12.8 Å². The van der Waals surface area contributed by atoms with Gasteiger partial charge in [-0.2, -0.15) is 18.3 Å². The Kier molecular flexibility index (Phi) is 6.67. The summed E-state index contributed by atoms with van der Waals surface area (Å²) in [6, 6.07) is 17.4. The van der Waals surface area contributed by atoms with Gasteiger partial charge in [0, 0.05) is 0 Å². The Morgan fingerprint density at radius 3 is 2.14 bits per heavy atom. The molecule has 0 unspecified atom stereocenters. The molecular weight excluding hydrogens is 424 g/mol. The number of anilines is 1. The zero-order valence-corrected chi connectivity index (χ0v) is 16.4. The number of hydrazone groups is 1. The summed E-state index contributed by atoms with van der Waals surface area (Å²) < 4.78 is 43.4. The maximum absolute atomic E-state index is 12.6. The van der Waals surface area contributed by atoms with Gasteiger partial charge in [-0.15, -0.1) is 0 Å². The maximum atomic E-state index is 12.6. The summed E-state index contributed by atoms with van der Waals surface area (Å²) >= 11 is 12.5. The number of hydrogen-bond acceptors (Lipinski definition) is 3. The number of halogens is 5. The van der Waals surface area contributed by atoms with Crippen LogP contribution in [-0.2, 0) is 12.8 Å². The van der Waals surface area contributed by atoms with E-state index in [0.29, 0.717) is 33.7 Å². The second-order valence-electron chi connectivity index (χ2n) is 6.03. The highest BCUT2D eigenvalue weighted by Crippen LogP contribution is 2.34. The second-order valence-corrected chi connectivity index (χ2v) is 6.85. The third kappa shape index (κ3) is 5.89. The quantitative estimate of drug-likeness (QED) is 0.330. The van der Waals surface area contributed by atoms with Gasteiger partial charge in [-0.05, 0) is 47.5 Å².